The van der Waals surface area contributed by atoms with Gasteiger partial charge in [0.25, 0.3) is 5.91 Å². The molecule has 1 amide bonds. The summed E-state index contributed by atoms with van der Waals surface area (Å²) in [4.78, 5) is 12.9. The first-order chi connectivity index (χ1) is 13.4. The van der Waals surface area contributed by atoms with Crippen molar-refractivity contribution in [3.63, 3.8) is 0 Å². The monoisotopic (exact) mass is 385 g/mol. The maximum atomic E-state index is 12.9. The Kier molecular flexibility index (Phi) is 7.73. The molecular weight excluding hydrogens is 354 g/mol. The van der Waals surface area contributed by atoms with Crippen LogP contribution < -0.4 is 19.5 Å². The topological polar surface area (TPSA) is 56.8 Å². The van der Waals surface area contributed by atoms with Gasteiger partial charge in [-0.1, -0.05) is 26.0 Å². The van der Waals surface area contributed by atoms with Crippen molar-refractivity contribution in [2.24, 2.45) is 0 Å². The summed E-state index contributed by atoms with van der Waals surface area (Å²) in [7, 11) is 3.21. The molecule has 0 aliphatic heterocycles. The Morgan fingerprint density at radius 3 is 2.21 bits per heavy atom. The first-order valence-corrected chi connectivity index (χ1v) is 9.69. The Hall–Kier alpha value is -2.69. The van der Waals surface area contributed by atoms with Gasteiger partial charge in [-0.15, -0.1) is 0 Å². The summed E-state index contributed by atoms with van der Waals surface area (Å²) in [5, 5.41) is 3.11. The number of aryl methyl sites for hydroxylation is 2. The normalized spacial score (nSPS) is 12.8. The number of carbonyl (C=O) groups is 1. The highest BCUT2D eigenvalue weighted by molar-refractivity contribution is 5.81. The van der Waals surface area contributed by atoms with Gasteiger partial charge in [-0.25, -0.2) is 0 Å². The van der Waals surface area contributed by atoms with Crippen LogP contribution in [0.3, 0.4) is 0 Å². The quantitative estimate of drug-likeness (QED) is 0.677. The van der Waals surface area contributed by atoms with E-state index in [9.17, 15) is 4.79 Å². The molecule has 0 spiro atoms. The molecule has 0 heterocycles. The van der Waals surface area contributed by atoms with Crippen molar-refractivity contribution >= 4 is 5.91 Å². The summed E-state index contributed by atoms with van der Waals surface area (Å²) >= 11 is 0. The fraction of sp³-hybridized carbons (Fsp3) is 0.435. The Labute approximate surface area is 168 Å². The van der Waals surface area contributed by atoms with Gasteiger partial charge in [0, 0.05) is 0 Å². The highest BCUT2D eigenvalue weighted by Gasteiger charge is 2.22. The Bertz CT molecular complexity index is 803. The van der Waals surface area contributed by atoms with Crippen LogP contribution in [0, 0.1) is 13.8 Å². The van der Waals surface area contributed by atoms with Crippen LogP contribution in [-0.4, -0.2) is 26.2 Å². The molecule has 0 radical (unpaired) electrons. The smallest absolute Gasteiger partial charge is 0.261 e. The highest BCUT2D eigenvalue weighted by atomic mass is 16.5. The third-order valence-electron chi connectivity index (χ3n) is 4.95. The van der Waals surface area contributed by atoms with Crippen molar-refractivity contribution in [3.05, 3.63) is 53.1 Å². The van der Waals surface area contributed by atoms with Crippen molar-refractivity contribution in [1.82, 2.24) is 5.32 Å². The standard InChI is InChI=1S/C23H31NO4/c1-7-19(17-10-12-21(26-5)22(14-17)27-6)24-23(25)20(8-2)28-18-11-9-15(3)16(4)13-18/h9-14,19-20H,7-8H2,1-6H3,(H,24,25)/t19-,20+/m1/s1. The number of nitrogens with one attached hydrogen (secondary N) is 1. The van der Waals surface area contributed by atoms with Gasteiger partial charge in [0.15, 0.2) is 17.6 Å². The Balaban J connectivity index is 2.13. The molecule has 2 aromatic carbocycles. The second-order valence-corrected chi connectivity index (χ2v) is 6.84. The van der Waals surface area contributed by atoms with E-state index in [0.717, 1.165) is 17.5 Å². The van der Waals surface area contributed by atoms with E-state index in [1.807, 2.05) is 57.2 Å². The predicted molar refractivity (Wildman–Crippen MR) is 111 cm³/mol. The third kappa shape index (κ3) is 5.18. The molecule has 5 heteroatoms. The molecule has 0 aliphatic rings. The molecular formula is C23H31NO4. The molecule has 0 fully saturated rings. The van der Waals surface area contributed by atoms with E-state index < -0.39 is 6.10 Å². The van der Waals surface area contributed by atoms with Gasteiger partial charge in [0.2, 0.25) is 0 Å². The summed E-state index contributed by atoms with van der Waals surface area (Å²) in [6.45, 7) is 8.07. The number of rotatable bonds is 9. The molecule has 2 rings (SSSR count). The largest absolute Gasteiger partial charge is 0.493 e. The van der Waals surface area contributed by atoms with Gasteiger partial charge in [-0.05, 0) is 67.6 Å². The van der Waals surface area contributed by atoms with Crippen LogP contribution >= 0.6 is 0 Å². The van der Waals surface area contributed by atoms with Crippen molar-refractivity contribution < 1.29 is 19.0 Å². The van der Waals surface area contributed by atoms with E-state index in [1.165, 1.54) is 5.56 Å². The molecule has 5 nitrogen and oxygen atoms in total. The van der Waals surface area contributed by atoms with Gasteiger partial charge in [-0.3, -0.25) is 4.79 Å². The Morgan fingerprint density at radius 2 is 1.64 bits per heavy atom. The molecule has 0 saturated heterocycles. The highest BCUT2D eigenvalue weighted by Crippen LogP contribution is 2.31. The van der Waals surface area contributed by atoms with Gasteiger partial charge in [0.1, 0.15) is 5.75 Å². The van der Waals surface area contributed by atoms with Gasteiger partial charge < -0.3 is 19.5 Å². The summed E-state index contributed by atoms with van der Waals surface area (Å²) in [6.07, 6.45) is 0.791. The van der Waals surface area contributed by atoms with E-state index in [1.54, 1.807) is 14.2 Å². The van der Waals surface area contributed by atoms with Crippen LogP contribution in [0.25, 0.3) is 0 Å². The zero-order valence-electron chi connectivity index (χ0n) is 17.7. The van der Waals surface area contributed by atoms with Crippen LogP contribution in [0.5, 0.6) is 17.2 Å². The summed E-state index contributed by atoms with van der Waals surface area (Å²) < 4.78 is 16.6. The molecule has 2 atom stereocenters. The molecule has 0 unspecified atom stereocenters. The van der Waals surface area contributed by atoms with Crippen LogP contribution in [0.2, 0.25) is 0 Å². The minimum Gasteiger partial charge on any atom is -0.493 e. The van der Waals surface area contributed by atoms with Crippen LogP contribution in [0.1, 0.15) is 49.4 Å². The molecule has 0 saturated carbocycles. The lowest BCUT2D eigenvalue weighted by Gasteiger charge is -2.23. The maximum absolute atomic E-state index is 12.9. The number of hydrogen-bond acceptors (Lipinski definition) is 4. The van der Waals surface area contributed by atoms with Gasteiger partial charge in [-0.2, -0.15) is 0 Å². The predicted octanol–water partition coefficient (Wildman–Crippen LogP) is 4.75. The number of hydrogen-bond donors (Lipinski definition) is 1. The minimum atomic E-state index is -0.545. The molecule has 152 valence electrons. The van der Waals surface area contributed by atoms with Crippen molar-refractivity contribution in [3.8, 4) is 17.2 Å². The fourth-order valence-electron chi connectivity index (χ4n) is 3.03. The number of ether oxygens (including phenoxy) is 3. The van der Waals surface area contributed by atoms with E-state index in [-0.39, 0.29) is 11.9 Å². The number of methoxy groups -OCH3 is 2. The van der Waals surface area contributed by atoms with Gasteiger partial charge >= 0.3 is 0 Å². The molecule has 1 N–H and O–H groups in total. The first kappa shape index (κ1) is 21.6. The average molecular weight is 386 g/mol. The molecule has 0 bridgehead atoms. The Morgan fingerprint density at radius 1 is 0.929 bits per heavy atom. The second-order valence-electron chi connectivity index (χ2n) is 6.84. The van der Waals surface area contributed by atoms with Crippen LogP contribution in [-0.2, 0) is 4.79 Å². The van der Waals surface area contributed by atoms with Crippen LogP contribution in [0.4, 0.5) is 0 Å². The maximum Gasteiger partial charge on any atom is 0.261 e. The van der Waals surface area contributed by atoms with Crippen LogP contribution in [0.15, 0.2) is 36.4 Å². The summed E-state index contributed by atoms with van der Waals surface area (Å²) in [6, 6.07) is 11.4. The fourth-order valence-corrected chi connectivity index (χ4v) is 3.03. The molecule has 0 aromatic heterocycles. The number of amides is 1. The van der Waals surface area contributed by atoms with E-state index in [4.69, 9.17) is 14.2 Å². The lowest BCUT2D eigenvalue weighted by atomic mass is 10.0. The average Bonchev–Trinajstić information content (AvgIpc) is 2.71. The lowest BCUT2D eigenvalue weighted by molar-refractivity contribution is -0.128. The second kappa shape index (κ2) is 10.0. The zero-order chi connectivity index (χ0) is 20.7. The molecule has 28 heavy (non-hydrogen) atoms. The van der Waals surface area contributed by atoms with E-state index in [0.29, 0.717) is 23.7 Å². The SMILES string of the molecule is CC[C@H](Oc1ccc(C)c(C)c1)C(=O)N[C@H](CC)c1ccc(OC)c(OC)c1. The first-order valence-electron chi connectivity index (χ1n) is 9.69. The number of benzene rings is 2. The van der Waals surface area contributed by atoms with E-state index in [2.05, 4.69) is 12.2 Å². The lowest BCUT2D eigenvalue weighted by Crippen LogP contribution is -2.40. The summed E-state index contributed by atoms with van der Waals surface area (Å²) in [5.74, 6) is 1.90. The van der Waals surface area contributed by atoms with Crippen molar-refractivity contribution in [2.75, 3.05) is 14.2 Å². The molecule has 0 aliphatic carbocycles. The van der Waals surface area contributed by atoms with Crippen molar-refractivity contribution in [2.45, 2.75) is 52.7 Å². The van der Waals surface area contributed by atoms with Crippen molar-refractivity contribution in [1.29, 1.82) is 0 Å². The minimum absolute atomic E-state index is 0.123. The summed E-state index contributed by atoms with van der Waals surface area (Å²) in [5.41, 5.74) is 3.31. The third-order valence-corrected chi connectivity index (χ3v) is 4.95. The zero-order valence-corrected chi connectivity index (χ0v) is 17.7. The number of carbonyl (C=O) groups excluding carboxylic acids is 1. The molecule has 2 aromatic rings. The van der Waals surface area contributed by atoms with Gasteiger partial charge in [0.05, 0.1) is 20.3 Å². The van der Waals surface area contributed by atoms with E-state index >= 15 is 0 Å².